The summed E-state index contributed by atoms with van der Waals surface area (Å²) in [5.41, 5.74) is 2.35. The standard InChI is InChI=1S/C15H18N2O/c1-11-5-7-12(8-6-11)14-10-17-15(18-14)13-4-2-3-9-16-13/h5-8,10,13,16H,2-4,9H2,1H3. The van der Waals surface area contributed by atoms with E-state index in [-0.39, 0.29) is 6.04 Å². The molecule has 2 heterocycles. The monoisotopic (exact) mass is 242 g/mol. The van der Waals surface area contributed by atoms with E-state index in [2.05, 4.69) is 41.5 Å². The first-order chi connectivity index (χ1) is 8.83. The Morgan fingerprint density at radius 1 is 1.22 bits per heavy atom. The van der Waals surface area contributed by atoms with Crippen LogP contribution in [0, 0.1) is 6.92 Å². The van der Waals surface area contributed by atoms with E-state index in [1.807, 2.05) is 6.20 Å². The molecule has 0 aliphatic carbocycles. The van der Waals surface area contributed by atoms with Gasteiger partial charge in [-0.3, -0.25) is 0 Å². The Kier molecular flexibility index (Phi) is 3.15. The SMILES string of the molecule is Cc1ccc(-c2cnc(C3CCCCN3)o2)cc1. The summed E-state index contributed by atoms with van der Waals surface area (Å²) in [6.45, 7) is 3.15. The topological polar surface area (TPSA) is 38.1 Å². The zero-order valence-electron chi connectivity index (χ0n) is 10.6. The molecule has 18 heavy (non-hydrogen) atoms. The summed E-state index contributed by atoms with van der Waals surface area (Å²) in [4.78, 5) is 4.41. The van der Waals surface area contributed by atoms with Crippen LogP contribution in [0.25, 0.3) is 11.3 Å². The van der Waals surface area contributed by atoms with Crippen LogP contribution in [0.15, 0.2) is 34.9 Å². The quantitative estimate of drug-likeness (QED) is 0.876. The van der Waals surface area contributed by atoms with Crippen LogP contribution in [0.1, 0.15) is 36.8 Å². The van der Waals surface area contributed by atoms with E-state index in [1.165, 1.54) is 18.4 Å². The van der Waals surface area contributed by atoms with Crippen LogP contribution in [0.3, 0.4) is 0 Å². The van der Waals surface area contributed by atoms with Crippen LogP contribution in [-0.2, 0) is 0 Å². The van der Waals surface area contributed by atoms with Gasteiger partial charge in [0.05, 0.1) is 12.2 Å². The second kappa shape index (κ2) is 4.94. The van der Waals surface area contributed by atoms with Gasteiger partial charge in [0.25, 0.3) is 0 Å². The third kappa shape index (κ3) is 2.31. The molecule has 1 fully saturated rings. The summed E-state index contributed by atoms with van der Waals surface area (Å²) in [5, 5.41) is 3.45. The van der Waals surface area contributed by atoms with Gasteiger partial charge in [0.15, 0.2) is 5.76 Å². The number of benzene rings is 1. The van der Waals surface area contributed by atoms with Gasteiger partial charge in [-0.15, -0.1) is 0 Å². The average Bonchev–Trinajstić information content (AvgIpc) is 2.90. The lowest BCUT2D eigenvalue weighted by molar-refractivity contribution is 0.342. The summed E-state index contributed by atoms with van der Waals surface area (Å²) in [5.74, 6) is 1.68. The largest absolute Gasteiger partial charge is 0.439 e. The lowest BCUT2D eigenvalue weighted by atomic mass is 10.1. The van der Waals surface area contributed by atoms with Gasteiger partial charge >= 0.3 is 0 Å². The van der Waals surface area contributed by atoms with Crippen molar-refractivity contribution >= 4 is 0 Å². The first kappa shape index (κ1) is 11.5. The number of hydrogen-bond acceptors (Lipinski definition) is 3. The second-order valence-corrected chi connectivity index (χ2v) is 4.93. The Balaban J connectivity index is 1.82. The normalized spacial score (nSPS) is 19.9. The number of nitrogens with zero attached hydrogens (tertiary/aromatic N) is 1. The Morgan fingerprint density at radius 2 is 2.06 bits per heavy atom. The highest BCUT2D eigenvalue weighted by atomic mass is 16.4. The van der Waals surface area contributed by atoms with Gasteiger partial charge in [0.1, 0.15) is 0 Å². The molecule has 0 radical (unpaired) electrons. The van der Waals surface area contributed by atoms with Gasteiger partial charge < -0.3 is 9.73 Å². The zero-order chi connectivity index (χ0) is 12.4. The van der Waals surface area contributed by atoms with Crippen LogP contribution in [0.2, 0.25) is 0 Å². The number of hydrogen-bond donors (Lipinski definition) is 1. The predicted molar refractivity (Wildman–Crippen MR) is 71.3 cm³/mol. The first-order valence-electron chi connectivity index (χ1n) is 6.59. The zero-order valence-corrected chi connectivity index (χ0v) is 10.6. The Labute approximate surface area is 107 Å². The van der Waals surface area contributed by atoms with E-state index in [0.29, 0.717) is 0 Å². The average molecular weight is 242 g/mol. The van der Waals surface area contributed by atoms with Crippen molar-refractivity contribution in [2.24, 2.45) is 0 Å². The number of aryl methyl sites for hydroxylation is 1. The molecule has 0 bridgehead atoms. The molecule has 0 saturated carbocycles. The third-order valence-corrected chi connectivity index (χ3v) is 3.47. The minimum absolute atomic E-state index is 0.290. The molecule has 1 aromatic heterocycles. The highest BCUT2D eigenvalue weighted by Crippen LogP contribution is 2.27. The van der Waals surface area contributed by atoms with Crippen molar-refractivity contribution in [3.63, 3.8) is 0 Å². The molecule has 1 aliphatic heterocycles. The molecule has 0 spiro atoms. The lowest BCUT2D eigenvalue weighted by Crippen LogP contribution is -2.26. The highest BCUT2D eigenvalue weighted by Gasteiger charge is 2.19. The van der Waals surface area contributed by atoms with Crippen molar-refractivity contribution in [1.82, 2.24) is 10.3 Å². The van der Waals surface area contributed by atoms with E-state index >= 15 is 0 Å². The number of rotatable bonds is 2. The molecule has 2 aromatic rings. The second-order valence-electron chi connectivity index (χ2n) is 4.93. The summed E-state index contributed by atoms with van der Waals surface area (Å²) in [7, 11) is 0. The molecule has 3 nitrogen and oxygen atoms in total. The molecular weight excluding hydrogens is 224 g/mol. The van der Waals surface area contributed by atoms with Crippen molar-refractivity contribution < 1.29 is 4.42 Å². The summed E-state index contributed by atoms with van der Waals surface area (Å²) in [6, 6.07) is 8.63. The lowest BCUT2D eigenvalue weighted by Gasteiger charge is -2.20. The maximum absolute atomic E-state index is 5.88. The van der Waals surface area contributed by atoms with Gasteiger partial charge in [0.2, 0.25) is 5.89 Å². The molecule has 1 aromatic carbocycles. The number of nitrogens with one attached hydrogen (secondary N) is 1. The molecule has 1 unspecified atom stereocenters. The van der Waals surface area contributed by atoms with Crippen LogP contribution < -0.4 is 5.32 Å². The number of oxazole rings is 1. The van der Waals surface area contributed by atoms with Crippen molar-refractivity contribution in [3.8, 4) is 11.3 Å². The van der Waals surface area contributed by atoms with Crippen LogP contribution >= 0.6 is 0 Å². The van der Waals surface area contributed by atoms with E-state index in [1.54, 1.807) is 0 Å². The molecule has 0 amide bonds. The van der Waals surface area contributed by atoms with E-state index in [4.69, 9.17) is 4.42 Å². The van der Waals surface area contributed by atoms with Crippen molar-refractivity contribution in [2.45, 2.75) is 32.2 Å². The van der Waals surface area contributed by atoms with Gasteiger partial charge in [-0.25, -0.2) is 4.98 Å². The third-order valence-electron chi connectivity index (χ3n) is 3.47. The van der Waals surface area contributed by atoms with Crippen LogP contribution in [0.4, 0.5) is 0 Å². The number of piperidine rings is 1. The van der Waals surface area contributed by atoms with Crippen LogP contribution in [0.5, 0.6) is 0 Å². The molecular formula is C15H18N2O. The van der Waals surface area contributed by atoms with E-state index in [9.17, 15) is 0 Å². The smallest absolute Gasteiger partial charge is 0.212 e. The molecule has 3 rings (SSSR count). The molecule has 1 N–H and O–H groups in total. The fraction of sp³-hybridized carbons (Fsp3) is 0.400. The summed E-state index contributed by atoms with van der Waals surface area (Å²) in [6.07, 6.45) is 5.45. The first-order valence-corrected chi connectivity index (χ1v) is 6.59. The molecule has 94 valence electrons. The Bertz CT molecular complexity index is 510. The molecule has 1 aliphatic rings. The number of aromatic nitrogens is 1. The molecule has 1 saturated heterocycles. The van der Waals surface area contributed by atoms with Gasteiger partial charge in [-0.1, -0.05) is 36.2 Å². The van der Waals surface area contributed by atoms with E-state index < -0.39 is 0 Å². The van der Waals surface area contributed by atoms with Gasteiger partial charge in [-0.2, -0.15) is 0 Å². The van der Waals surface area contributed by atoms with Gasteiger partial charge in [0, 0.05) is 5.56 Å². The Morgan fingerprint density at radius 3 is 2.78 bits per heavy atom. The minimum atomic E-state index is 0.290. The van der Waals surface area contributed by atoms with Crippen molar-refractivity contribution in [1.29, 1.82) is 0 Å². The summed E-state index contributed by atoms with van der Waals surface area (Å²) >= 11 is 0. The summed E-state index contributed by atoms with van der Waals surface area (Å²) < 4.78 is 5.88. The molecule has 3 heteroatoms. The predicted octanol–water partition coefficient (Wildman–Crippen LogP) is 3.46. The van der Waals surface area contributed by atoms with Gasteiger partial charge in [-0.05, 0) is 26.3 Å². The fourth-order valence-corrected chi connectivity index (χ4v) is 2.36. The maximum Gasteiger partial charge on any atom is 0.212 e. The Hall–Kier alpha value is -1.61. The van der Waals surface area contributed by atoms with Crippen LogP contribution in [-0.4, -0.2) is 11.5 Å². The minimum Gasteiger partial charge on any atom is -0.439 e. The maximum atomic E-state index is 5.88. The highest BCUT2D eigenvalue weighted by molar-refractivity contribution is 5.56. The molecule has 1 atom stereocenters. The van der Waals surface area contributed by atoms with E-state index in [0.717, 1.165) is 30.2 Å². The van der Waals surface area contributed by atoms with Crippen molar-refractivity contribution in [2.75, 3.05) is 6.54 Å². The van der Waals surface area contributed by atoms with Crippen molar-refractivity contribution in [3.05, 3.63) is 41.9 Å². The fourth-order valence-electron chi connectivity index (χ4n) is 2.36.